The molecule has 0 aliphatic carbocycles. The number of likely N-dealkylation sites (N-methyl/N-ethyl adjacent to an activating group) is 2. The van der Waals surface area contributed by atoms with Crippen molar-refractivity contribution in [1.82, 2.24) is 9.80 Å². The SMILES string of the molecule is CN1CCCC(N(C)CC(C#N)C(F)(F)F)C1. The van der Waals surface area contributed by atoms with E-state index in [1.54, 1.807) is 11.9 Å². The highest BCUT2D eigenvalue weighted by Gasteiger charge is 2.41. The molecule has 0 bridgehead atoms. The van der Waals surface area contributed by atoms with Gasteiger partial charge in [-0.25, -0.2) is 0 Å². The number of nitriles is 1. The first-order valence-electron chi connectivity index (χ1n) is 5.69. The predicted octanol–water partition coefficient (Wildman–Crippen LogP) is 1.71. The topological polar surface area (TPSA) is 30.3 Å². The summed E-state index contributed by atoms with van der Waals surface area (Å²) >= 11 is 0. The minimum Gasteiger partial charge on any atom is -0.305 e. The molecule has 1 heterocycles. The Morgan fingerprint density at radius 1 is 1.53 bits per heavy atom. The molecule has 0 amide bonds. The van der Waals surface area contributed by atoms with Crippen LogP contribution in [0.25, 0.3) is 0 Å². The van der Waals surface area contributed by atoms with Crippen LogP contribution in [0.4, 0.5) is 13.2 Å². The van der Waals surface area contributed by atoms with Gasteiger partial charge in [0.1, 0.15) is 0 Å². The Labute approximate surface area is 99.8 Å². The van der Waals surface area contributed by atoms with Crippen LogP contribution < -0.4 is 0 Å². The largest absolute Gasteiger partial charge is 0.405 e. The van der Waals surface area contributed by atoms with Gasteiger partial charge in [0.25, 0.3) is 0 Å². The Morgan fingerprint density at radius 3 is 2.65 bits per heavy atom. The molecule has 1 fully saturated rings. The zero-order chi connectivity index (χ0) is 13.1. The van der Waals surface area contributed by atoms with E-state index >= 15 is 0 Å². The fraction of sp³-hybridized carbons (Fsp3) is 0.909. The molecule has 98 valence electrons. The molecule has 1 aliphatic rings. The maximum atomic E-state index is 12.5. The summed E-state index contributed by atoms with van der Waals surface area (Å²) in [6.07, 6.45) is -2.53. The van der Waals surface area contributed by atoms with Crippen molar-refractivity contribution in [2.75, 3.05) is 33.7 Å². The molecule has 6 heteroatoms. The Balaban J connectivity index is 2.53. The molecule has 0 aromatic rings. The predicted molar refractivity (Wildman–Crippen MR) is 58.3 cm³/mol. The lowest BCUT2D eigenvalue weighted by Crippen LogP contribution is -2.47. The molecule has 1 rings (SSSR count). The lowest BCUT2D eigenvalue weighted by molar-refractivity contribution is -0.164. The number of rotatable bonds is 3. The smallest absolute Gasteiger partial charge is 0.305 e. The van der Waals surface area contributed by atoms with E-state index in [4.69, 9.17) is 5.26 Å². The normalized spacial score (nSPS) is 24.6. The lowest BCUT2D eigenvalue weighted by atomic mass is 10.0. The number of piperidine rings is 1. The molecule has 0 radical (unpaired) electrons. The highest BCUT2D eigenvalue weighted by molar-refractivity contribution is 4.92. The zero-order valence-corrected chi connectivity index (χ0v) is 10.2. The molecule has 0 saturated carbocycles. The molecule has 0 aromatic carbocycles. The number of likely N-dealkylation sites (tertiary alicyclic amines) is 1. The van der Waals surface area contributed by atoms with Crippen molar-refractivity contribution in [3.8, 4) is 6.07 Å². The van der Waals surface area contributed by atoms with Crippen LogP contribution in [-0.4, -0.2) is 55.7 Å². The summed E-state index contributed by atoms with van der Waals surface area (Å²) in [6.45, 7) is 1.52. The van der Waals surface area contributed by atoms with Gasteiger partial charge in [0.05, 0.1) is 6.07 Å². The van der Waals surface area contributed by atoms with Crippen LogP contribution in [0.15, 0.2) is 0 Å². The maximum absolute atomic E-state index is 12.5. The van der Waals surface area contributed by atoms with Crippen molar-refractivity contribution < 1.29 is 13.2 Å². The minimum atomic E-state index is -4.43. The first kappa shape index (κ1) is 14.3. The van der Waals surface area contributed by atoms with Crippen LogP contribution in [0.1, 0.15) is 12.8 Å². The Morgan fingerprint density at radius 2 is 2.18 bits per heavy atom. The van der Waals surface area contributed by atoms with Gasteiger partial charge in [0, 0.05) is 19.1 Å². The van der Waals surface area contributed by atoms with Crippen LogP contribution in [-0.2, 0) is 0 Å². The van der Waals surface area contributed by atoms with Crippen LogP contribution in [0.3, 0.4) is 0 Å². The molecule has 1 aliphatic heterocycles. The Kier molecular flexibility index (Phi) is 4.78. The Hall–Kier alpha value is -0.800. The number of halogens is 3. The summed E-state index contributed by atoms with van der Waals surface area (Å²) in [5.41, 5.74) is 0. The van der Waals surface area contributed by atoms with Crippen LogP contribution in [0, 0.1) is 17.2 Å². The first-order chi connectivity index (χ1) is 7.84. The van der Waals surface area contributed by atoms with E-state index in [-0.39, 0.29) is 12.6 Å². The molecule has 2 unspecified atom stereocenters. The maximum Gasteiger partial charge on any atom is 0.405 e. The van der Waals surface area contributed by atoms with Gasteiger partial charge in [0.15, 0.2) is 5.92 Å². The van der Waals surface area contributed by atoms with Gasteiger partial charge in [-0.15, -0.1) is 0 Å². The second kappa shape index (κ2) is 5.69. The van der Waals surface area contributed by atoms with Crippen LogP contribution >= 0.6 is 0 Å². The summed E-state index contributed by atoms with van der Waals surface area (Å²) in [5, 5.41) is 8.55. The number of nitrogens with zero attached hydrogens (tertiary/aromatic N) is 3. The van der Waals surface area contributed by atoms with Gasteiger partial charge in [-0.3, -0.25) is 0 Å². The van der Waals surface area contributed by atoms with Crippen molar-refractivity contribution in [3.05, 3.63) is 0 Å². The quantitative estimate of drug-likeness (QED) is 0.763. The van der Waals surface area contributed by atoms with E-state index in [1.807, 2.05) is 7.05 Å². The second-order valence-corrected chi connectivity index (χ2v) is 4.72. The van der Waals surface area contributed by atoms with Crippen molar-refractivity contribution in [2.45, 2.75) is 25.1 Å². The van der Waals surface area contributed by atoms with E-state index in [0.29, 0.717) is 0 Å². The average Bonchev–Trinajstić information content (AvgIpc) is 2.23. The molecule has 2 atom stereocenters. The van der Waals surface area contributed by atoms with Gasteiger partial charge in [-0.05, 0) is 33.5 Å². The van der Waals surface area contributed by atoms with Gasteiger partial charge < -0.3 is 9.80 Å². The highest BCUT2D eigenvalue weighted by Crippen LogP contribution is 2.27. The second-order valence-electron chi connectivity index (χ2n) is 4.72. The zero-order valence-electron chi connectivity index (χ0n) is 10.2. The first-order valence-corrected chi connectivity index (χ1v) is 5.69. The van der Waals surface area contributed by atoms with Gasteiger partial charge in [-0.1, -0.05) is 0 Å². The minimum absolute atomic E-state index is 0.118. The molecule has 0 spiro atoms. The van der Waals surface area contributed by atoms with E-state index in [2.05, 4.69) is 4.90 Å². The molecule has 3 nitrogen and oxygen atoms in total. The third-order valence-corrected chi connectivity index (χ3v) is 3.24. The van der Waals surface area contributed by atoms with E-state index in [1.165, 1.54) is 6.07 Å². The fourth-order valence-corrected chi connectivity index (χ4v) is 2.15. The fourth-order valence-electron chi connectivity index (χ4n) is 2.15. The molecule has 0 aromatic heterocycles. The standard InChI is InChI=1S/C11H18F3N3/c1-16-5-3-4-10(8-16)17(2)7-9(6-15)11(12,13)14/h9-10H,3-5,7-8H2,1-2H3. The van der Waals surface area contributed by atoms with Gasteiger partial charge in [0.2, 0.25) is 0 Å². The van der Waals surface area contributed by atoms with E-state index < -0.39 is 12.1 Å². The van der Waals surface area contributed by atoms with Crippen molar-refractivity contribution in [1.29, 1.82) is 5.26 Å². The van der Waals surface area contributed by atoms with Crippen molar-refractivity contribution in [3.63, 3.8) is 0 Å². The number of hydrogen-bond donors (Lipinski definition) is 0. The van der Waals surface area contributed by atoms with Crippen LogP contribution in [0.2, 0.25) is 0 Å². The summed E-state index contributed by atoms with van der Waals surface area (Å²) in [6, 6.07) is 1.46. The average molecular weight is 249 g/mol. The molecule has 0 N–H and O–H groups in total. The third kappa shape index (κ3) is 4.17. The van der Waals surface area contributed by atoms with Gasteiger partial charge >= 0.3 is 6.18 Å². The van der Waals surface area contributed by atoms with E-state index in [0.717, 1.165) is 25.9 Å². The van der Waals surface area contributed by atoms with E-state index in [9.17, 15) is 13.2 Å². The number of hydrogen-bond acceptors (Lipinski definition) is 3. The molecule has 17 heavy (non-hydrogen) atoms. The third-order valence-electron chi connectivity index (χ3n) is 3.24. The monoisotopic (exact) mass is 249 g/mol. The summed E-state index contributed by atoms with van der Waals surface area (Å²) in [4.78, 5) is 3.77. The summed E-state index contributed by atoms with van der Waals surface area (Å²) < 4.78 is 37.4. The van der Waals surface area contributed by atoms with Crippen LogP contribution in [0.5, 0.6) is 0 Å². The number of alkyl halides is 3. The molecular weight excluding hydrogens is 231 g/mol. The highest BCUT2D eigenvalue weighted by atomic mass is 19.4. The van der Waals surface area contributed by atoms with Gasteiger partial charge in [-0.2, -0.15) is 18.4 Å². The van der Waals surface area contributed by atoms with Crippen molar-refractivity contribution in [2.24, 2.45) is 5.92 Å². The Bertz CT molecular complexity index is 285. The van der Waals surface area contributed by atoms with Crippen molar-refractivity contribution >= 4 is 0 Å². The summed E-state index contributed by atoms with van der Waals surface area (Å²) in [7, 11) is 3.63. The molecular formula is C11H18F3N3. The lowest BCUT2D eigenvalue weighted by Gasteiger charge is -2.36. The summed E-state index contributed by atoms with van der Waals surface area (Å²) in [5.74, 6) is -1.89. The molecule has 1 saturated heterocycles.